The van der Waals surface area contributed by atoms with Crippen molar-refractivity contribution in [2.24, 2.45) is 0 Å². The van der Waals surface area contributed by atoms with Crippen molar-refractivity contribution in [3.63, 3.8) is 0 Å². The molecule has 3 aromatic rings. The Kier molecular flexibility index (Phi) is 4.35. The normalized spacial score (nSPS) is 12.0. The molecular weight excluding hydrogens is 376 g/mol. The van der Waals surface area contributed by atoms with E-state index in [9.17, 15) is 26.3 Å². The number of halogens is 6. The summed E-state index contributed by atoms with van der Waals surface area (Å²) in [6.07, 6.45) is -9.52. The Balaban J connectivity index is 2.22. The lowest BCUT2D eigenvalue weighted by atomic mass is 10.00. The summed E-state index contributed by atoms with van der Waals surface area (Å²) >= 11 is 0. The van der Waals surface area contributed by atoms with Gasteiger partial charge in [0.1, 0.15) is 17.5 Å². The monoisotopic (exact) mass is 383 g/mol. The summed E-state index contributed by atoms with van der Waals surface area (Å²) in [6, 6.07) is 7.15. The van der Waals surface area contributed by atoms with E-state index in [2.05, 4.69) is 20.4 Å². The second-order valence-corrected chi connectivity index (χ2v) is 5.34. The van der Waals surface area contributed by atoms with Crippen LogP contribution in [0.5, 0.6) is 0 Å². The molecule has 2 aromatic heterocycles. The van der Waals surface area contributed by atoms with Gasteiger partial charge in [0.25, 0.3) is 0 Å². The van der Waals surface area contributed by atoms with Crippen LogP contribution in [-0.2, 0) is 12.4 Å². The summed E-state index contributed by atoms with van der Waals surface area (Å²) in [6.45, 7) is 0. The number of alkyl halides is 6. The van der Waals surface area contributed by atoms with Gasteiger partial charge in [-0.25, -0.2) is 4.98 Å². The number of H-pyrrole nitrogens is 1. The van der Waals surface area contributed by atoms with Crippen LogP contribution in [0.1, 0.15) is 17.0 Å². The molecule has 0 saturated carbocycles. The lowest BCUT2D eigenvalue weighted by Gasteiger charge is -2.12. The standard InChI is InChI=1S/C16H7F6N5/c17-15(18,19)10-5-8(11-2-1-3-13(24-11)16(20,21)22)4-9(6-10)14-12(7-23)25-27-26-14/h1-6H,(H,25,26,27). The van der Waals surface area contributed by atoms with Gasteiger partial charge in [0.15, 0.2) is 5.69 Å². The number of nitrogens with one attached hydrogen (secondary N) is 1. The summed E-state index contributed by atoms with van der Waals surface area (Å²) in [5, 5.41) is 18.3. The fraction of sp³-hybridized carbons (Fsp3) is 0.125. The van der Waals surface area contributed by atoms with Crippen LogP contribution in [0.4, 0.5) is 26.3 Å². The summed E-state index contributed by atoms with van der Waals surface area (Å²) in [5.41, 5.74) is -3.42. The Morgan fingerprint density at radius 1 is 0.889 bits per heavy atom. The molecule has 0 unspecified atom stereocenters. The molecule has 5 nitrogen and oxygen atoms in total. The minimum atomic E-state index is -4.77. The number of nitriles is 1. The third kappa shape index (κ3) is 3.74. The summed E-state index contributed by atoms with van der Waals surface area (Å²) in [7, 11) is 0. The molecule has 11 heteroatoms. The molecule has 3 rings (SSSR count). The Morgan fingerprint density at radius 3 is 2.22 bits per heavy atom. The molecule has 0 radical (unpaired) electrons. The van der Waals surface area contributed by atoms with Gasteiger partial charge in [-0.15, -0.1) is 5.10 Å². The number of hydrogen-bond donors (Lipinski definition) is 1. The van der Waals surface area contributed by atoms with Crippen LogP contribution < -0.4 is 0 Å². The summed E-state index contributed by atoms with van der Waals surface area (Å²) < 4.78 is 78.3. The third-order valence-corrected chi connectivity index (χ3v) is 3.52. The van der Waals surface area contributed by atoms with Crippen LogP contribution in [0, 0.1) is 11.3 Å². The zero-order valence-electron chi connectivity index (χ0n) is 13.0. The molecule has 1 N–H and O–H groups in total. The number of aromatic amines is 1. The van der Waals surface area contributed by atoms with Gasteiger partial charge in [-0.1, -0.05) is 6.07 Å². The van der Waals surface area contributed by atoms with Crippen molar-refractivity contribution in [1.82, 2.24) is 20.4 Å². The Morgan fingerprint density at radius 2 is 1.59 bits per heavy atom. The number of pyridine rings is 1. The summed E-state index contributed by atoms with van der Waals surface area (Å²) in [5.74, 6) is 0. The zero-order valence-corrected chi connectivity index (χ0v) is 13.0. The fourth-order valence-electron chi connectivity index (χ4n) is 2.34. The van der Waals surface area contributed by atoms with Gasteiger partial charge in [-0.2, -0.15) is 41.9 Å². The highest BCUT2D eigenvalue weighted by Crippen LogP contribution is 2.36. The van der Waals surface area contributed by atoms with E-state index in [1.165, 1.54) is 0 Å². The molecule has 0 spiro atoms. The lowest BCUT2D eigenvalue weighted by Crippen LogP contribution is -2.09. The number of hydrogen-bond acceptors (Lipinski definition) is 4. The quantitative estimate of drug-likeness (QED) is 0.664. The maximum atomic E-state index is 13.2. The predicted octanol–water partition coefficient (Wildman–Crippen LogP) is 4.44. The zero-order chi connectivity index (χ0) is 19.8. The van der Waals surface area contributed by atoms with Gasteiger partial charge >= 0.3 is 12.4 Å². The van der Waals surface area contributed by atoms with Crippen molar-refractivity contribution in [2.75, 3.05) is 0 Å². The third-order valence-electron chi connectivity index (χ3n) is 3.52. The first kappa shape index (κ1) is 18.4. The van der Waals surface area contributed by atoms with Crippen LogP contribution in [-0.4, -0.2) is 20.4 Å². The SMILES string of the molecule is N#Cc1n[nH]nc1-c1cc(-c2cccc(C(F)(F)F)n2)cc(C(F)(F)F)c1. The highest BCUT2D eigenvalue weighted by molar-refractivity contribution is 5.73. The molecule has 2 heterocycles. The van der Waals surface area contributed by atoms with E-state index >= 15 is 0 Å². The topological polar surface area (TPSA) is 78.2 Å². The van der Waals surface area contributed by atoms with E-state index in [-0.39, 0.29) is 28.2 Å². The first-order valence-corrected chi connectivity index (χ1v) is 7.18. The second kappa shape index (κ2) is 6.39. The van der Waals surface area contributed by atoms with Crippen molar-refractivity contribution in [3.8, 4) is 28.6 Å². The van der Waals surface area contributed by atoms with E-state index < -0.39 is 23.6 Å². The van der Waals surface area contributed by atoms with Crippen LogP contribution >= 0.6 is 0 Å². The first-order valence-electron chi connectivity index (χ1n) is 7.18. The number of benzene rings is 1. The second-order valence-electron chi connectivity index (χ2n) is 5.34. The van der Waals surface area contributed by atoms with Gasteiger partial charge in [0, 0.05) is 11.1 Å². The molecule has 0 fully saturated rings. The maximum absolute atomic E-state index is 13.2. The number of nitrogens with zero attached hydrogens (tertiary/aromatic N) is 4. The van der Waals surface area contributed by atoms with Crippen molar-refractivity contribution >= 4 is 0 Å². The van der Waals surface area contributed by atoms with Crippen LogP contribution in [0.15, 0.2) is 36.4 Å². The maximum Gasteiger partial charge on any atom is 0.433 e. The van der Waals surface area contributed by atoms with Crippen molar-refractivity contribution in [1.29, 1.82) is 5.26 Å². The first-order chi connectivity index (χ1) is 12.6. The molecule has 0 amide bonds. The van der Waals surface area contributed by atoms with Crippen molar-refractivity contribution in [3.05, 3.63) is 53.3 Å². The van der Waals surface area contributed by atoms with Crippen LogP contribution in [0.25, 0.3) is 22.5 Å². The molecule has 0 aliphatic carbocycles. The lowest BCUT2D eigenvalue weighted by molar-refractivity contribution is -0.141. The minimum absolute atomic E-state index is 0.135. The average molecular weight is 383 g/mol. The highest BCUT2D eigenvalue weighted by atomic mass is 19.4. The minimum Gasteiger partial charge on any atom is -0.243 e. The smallest absolute Gasteiger partial charge is 0.243 e. The largest absolute Gasteiger partial charge is 0.433 e. The average Bonchev–Trinajstić information content (AvgIpc) is 3.09. The molecular formula is C16H7F6N5. The van der Waals surface area contributed by atoms with Gasteiger partial charge in [0.2, 0.25) is 0 Å². The van der Waals surface area contributed by atoms with E-state index in [1.54, 1.807) is 6.07 Å². The van der Waals surface area contributed by atoms with E-state index in [4.69, 9.17) is 5.26 Å². The number of aromatic nitrogens is 4. The summed E-state index contributed by atoms with van der Waals surface area (Å²) in [4.78, 5) is 3.40. The molecule has 0 saturated heterocycles. The Hall–Kier alpha value is -3.42. The van der Waals surface area contributed by atoms with Gasteiger partial charge < -0.3 is 0 Å². The highest BCUT2D eigenvalue weighted by Gasteiger charge is 2.34. The van der Waals surface area contributed by atoms with Crippen molar-refractivity contribution in [2.45, 2.75) is 12.4 Å². The molecule has 0 atom stereocenters. The number of rotatable bonds is 2. The fourth-order valence-corrected chi connectivity index (χ4v) is 2.34. The molecule has 0 bridgehead atoms. The molecule has 0 aliphatic heterocycles. The van der Waals surface area contributed by atoms with Crippen molar-refractivity contribution < 1.29 is 26.3 Å². The molecule has 1 aromatic carbocycles. The van der Waals surface area contributed by atoms with Crippen LogP contribution in [0.2, 0.25) is 0 Å². The van der Waals surface area contributed by atoms with Gasteiger partial charge in [-0.05, 0) is 30.3 Å². The van der Waals surface area contributed by atoms with Crippen LogP contribution in [0.3, 0.4) is 0 Å². The predicted molar refractivity (Wildman–Crippen MR) is 79.8 cm³/mol. The van der Waals surface area contributed by atoms with E-state index in [0.717, 1.165) is 24.3 Å². The molecule has 138 valence electrons. The van der Waals surface area contributed by atoms with Gasteiger partial charge in [0.05, 0.1) is 11.3 Å². The van der Waals surface area contributed by atoms with E-state index in [0.29, 0.717) is 12.1 Å². The molecule has 0 aliphatic rings. The Bertz CT molecular complexity index is 1030. The molecule has 27 heavy (non-hydrogen) atoms. The Labute approximate surface area is 147 Å². The van der Waals surface area contributed by atoms with Gasteiger partial charge in [-0.3, -0.25) is 0 Å². The van der Waals surface area contributed by atoms with E-state index in [1.807, 2.05) is 0 Å².